The molecule has 1 aromatic carbocycles. The smallest absolute Gasteiger partial charge is 0.358 e. The molecule has 0 spiro atoms. The monoisotopic (exact) mass is 385 g/mol. The number of hydrogen-bond acceptors (Lipinski definition) is 5. The zero-order chi connectivity index (χ0) is 20.1. The SMILES string of the molecule is Cc1nc([N+](=O)[O-])cn1CCC(=O)N1CCC(C(=O)Nc2ccccc2)CC1. The zero-order valence-electron chi connectivity index (χ0n) is 15.7. The van der Waals surface area contributed by atoms with E-state index in [1.807, 2.05) is 30.3 Å². The lowest BCUT2D eigenvalue weighted by Crippen LogP contribution is -2.41. The van der Waals surface area contributed by atoms with E-state index in [2.05, 4.69) is 10.3 Å². The molecular formula is C19H23N5O4. The standard InChI is InChI=1S/C19H23N5O4/c1-14-20-17(24(27)28)13-23(14)12-9-18(25)22-10-7-15(8-11-22)19(26)21-16-5-3-2-4-6-16/h2-6,13,15H,7-12H2,1H3,(H,21,26). The van der Waals surface area contributed by atoms with Gasteiger partial charge >= 0.3 is 5.82 Å². The lowest BCUT2D eigenvalue weighted by Gasteiger charge is -2.31. The number of carbonyl (C=O) groups excluding carboxylic acids is 2. The molecule has 0 aliphatic carbocycles. The highest BCUT2D eigenvalue weighted by molar-refractivity contribution is 5.92. The second-order valence-electron chi connectivity index (χ2n) is 6.86. The fourth-order valence-corrected chi connectivity index (χ4v) is 3.34. The van der Waals surface area contributed by atoms with Crippen molar-refractivity contribution < 1.29 is 14.5 Å². The molecule has 1 saturated heterocycles. The second kappa shape index (κ2) is 8.64. The third kappa shape index (κ3) is 4.73. The molecule has 1 N–H and O–H groups in total. The molecule has 0 saturated carbocycles. The highest BCUT2D eigenvalue weighted by Crippen LogP contribution is 2.20. The van der Waals surface area contributed by atoms with Crippen LogP contribution in [-0.2, 0) is 16.1 Å². The number of benzene rings is 1. The molecule has 1 aliphatic rings. The van der Waals surface area contributed by atoms with Gasteiger partial charge in [-0.3, -0.25) is 9.59 Å². The maximum Gasteiger partial charge on any atom is 0.381 e. The molecule has 1 fully saturated rings. The van der Waals surface area contributed by atoms with Gasteiger partial charge in [0.25, 0.3) is 0 Å². The topological polar surface area (TPSA) is 110 Å². The summed E-state index contributed by atoms with van der Waals surface area (Å²) in [6, 6.07) is 9.32. The van der Waals surface area contributed by atoms with Crippen molar-refractivity contribution in [2.45, 2.75) is 32.7 Å². The van der Waals surface area contributed by atoms with E-state index in [0.29, 0.717) is 38.3 Å². The summed E-state index contributed by atoms with van der Waals surface area (Å²) in [5.74, 6) is 0.158. The minimum absolute atomic E-state index is 0.0142. The van der Waals surface area contributed by atoms with E-state index < -0.39 is 4.92 Å². The van der Waals surface area contributed by atoms with E-state index in [1.165, 1.54) is 6.20 Å². The molecule has 28 heavy (non-hydrogen) atoms. The molecule has 0 unspecified atom stereocenters. The Kier molecular flexibility index (Phi) is 6.03. The van der Waals surface area contributed by atoms with Crippen LogP contribution in [0.15, 0.2) is 36.5 Å². The van der Waals surface area contributed by atoms with E-state index in [4.69, 9.17) is 0 Å². The average molecular weight is 385 g/mol. The molecule has 2 aromatic rings. The van der Waals surface area contributed by atoms with Gasteiger partial charge in [-0.1, -0.05) is 18.2 Å². The summed E-state index contributed by atoms with van der Waals surface area (Å²) in [5, 5.41) is 13.7. The third-order valence-corrected chi connectivity index (χ3v) is 4.98. The van der Waals surface area contributed by atoms with Crippen LogP contribution in [0.2, 0.25) is 0 Å². The number of aromatic nitrogens is 2. The Morgan fingerprint density at radius 3 is 2.54 bits per heavy atom. The van der Waals surface area contributed by atoms with Gasteiger partial charge in [-0.05, 0) is 34.9 Å². The number of amides is 2. The summed E-state index contributed by atoms with van der Waals surface area (Å²) >= 11 is 0. The number of aryl methyl sites for hydroxylation is 2. The summed E-state index contributed by atoms with van der Waals surface area (Å²) in [7, 11) is 0. The molecule has 1 aromatic heterocycles. The van der Waals surface area contributed by atoms with Crippen LogP contribution in [0.3, 0.4) is 0 Å². The molecule has 9 nitrogen and oxygen atoms in total. The molecule has 2 amide bonds. The number of nitrogens with one attached hydrogen (secondary N) is 1. The highest BCUT2D eigenvalue weighted by Gasteiger charge is 2.27. The van der Waals surface area contributed by atoms with Crippen molar-refractivity contribution in [2.24, 2.45) is 5.92 Å². The lowest BCUT2D eigenvalue weighted by molar-refractivity contribution is -0.389. The van der Waals surface area contributed by atoms with Crippen LogP contribution in [-0.4, -0.2) is 44.3 Å². The van der Waals surface area contributed by atoms with Crippen molar-refractivity contribution >= 4 is 23.3 Å². The van der Waals surface area contributed by atoms with Gasteiger partial charge in [-0.2, -0.15) is 0 Å². The molecule has 9 heteroatoms. The van der Waals surface area contributed by atoms with Crippen molar-refractivity contribution in [3.05, 3.63) is 52.5 Å². The van der Waals surface area contributed by atoms with Gasteiger partial charge in [0.15, 0.2) is 0 Å². The van der Waals surface area contributed by atoms with Gasteiger partial charge in [0.05, 0.1) is 0 Å². The number of piperidine rings is 1. The predicted molar refractivity (Wildman–Crippen MR) is 103 cm³/mol. The van der Waals surface area contributed by atoms with Gasteiger partial charge < -0.3 is 24.9 Å². The Morgan fingerprint density at radius 1 is 1.25 bits per heavy atom. The van der Waals surface area contributed by atoms with Gasteiger partial charge in [0.1, 0.15) is 6.20 Å². The first-order valence-electron chi connectivity index (χ1n) is 9.26. The Hall–Kier alpha value is -3.23. The fraction of sp³-hybridized carbons (Fsp3) is 0.421. The lowest BCUT2D eigenvalue weighted by atomic mass is 9.95. The molecule has 0 bridgehead atoms. The Labute approximate surface area is 162 Å². The fourth-order valence-electron chi connectivity index (χ4n) is 3.34. The number of nitro groups is 1. The minimum Gasteiger partial charge on any atom is -0.358 e. The van der Waals surface area contributed by atoms with Gasteiger partial charge in [-0.25, -0.2) is 0 Å². The van der Waals surface area contributed by atoms with Crippen LogP contribution < -0.4 is 5.32 Å². The molecule has 148 valence electrons. The van der Waals surface area contributed by atoms with Crippen molar-refractivity contribution in [1.29, 1.82) is 0 Å². The number of para-hydroxylation sites is 1. The molecule has 0 atom stereocenters. The Bertz CT molecular complexity index is 856. The van der Waals surface area contributed by atoms with Crippen LogP contribution >= 0.6 is 0 Å². The number of rotatable bonds is 6. The van der Waals surface area contributed by atoms with Crippen LogP contribution in [0.25, 0.3) is 0 Å². The molecule has 1 aliphatic heterocycles. The first-order valence-corrected chi connectivity index (χ1v) is 9.26. The maximum atomic E-state index is 12.4. The summed E-state index contributed by atoms with van der Waals surface area (Å²) < 4.78 is 1.62. The molecule has 0 radical (unpaired) electrons. The normalized spacial score (nSPS) is 14.7. The highest BCUT2D eigenvalue weighted by atomic mass is 16.6. The van der Waals surface area contributed by atoms with Crippen molar-refractivity contribution in [1.82, 2.24) is 14.5 Å². The predicted octanol–water partition coefficient (Wildman–Crippen LogP) is 2.37. The van der Waals surface area contributed by atoms with Crippen molar-refractivity contribution in [3.63, 3.8) is 0 Å². The van der Waals surface area contributed by atoms with Gasteiger partial charge in [-0.15, -0.1) is 0 Å². The van der Waals surface area contributed by atoms with Crippen LogP contribution in [0.5, 0.6) is 0 Å². The largest absolute Gasteiger partial charge is 0.381 e. The zero-order valence-corrected chi connectivity index (χ0v) is 15.7. The van der Waals surface area contributed by atoms with Crippen molar-refractivity contribution in [3.8, 4) is 0 Å². The van der Waals surface area contributed by atoms with E-state index in [1.54, 1.807) is 16.4 Å². The Morgan fingerprint density at radius 2 is 1.93 bits per heavy atom. The maximum absolute atomic E-state index is 12.4. The average Bonchev–Trinajstić information content (AvgIpc) is 3.08. The summed E-state index contributed by atoms with van der Waals surface area (Å²) in [5.41, 5.74) is 0.774. The third-order valence-electron chi connectivity index (χ3n) is 4.98. The molecule has 2 heterocycles. The summed E-state index contributed by atoms with van der Waals surface area (Å²) in [4.78, 5) is 40.7. The summed E-state index contributed by atoms with van der Waals surface area (Å²) in [6.45, 7) is 3.10. The molecule has 3 rings (SSSR count). The first-order chi connectivity index (χ1) is 13.4. The quantitative estimate of drug-likeness (QED) is 0.606. The van der Waals surface area contributed by atoms with E-state index in [-0.39, 0.29) is 30.0 Å². The van der Waals surface area contributed by atoms with E-state index >= 15 is 0 Å². The number of likely N-dealkylation sites (tertiary alicyclic amines) is 1. The summed E-state index contributed by atoms with van der Waals surface area (Å²) in [6.07, 6.45) is 2.85. The van der Waals surface area contributed by atoms with Crippen LogP contribution in [0.4, 0.5) is 11.5 Å². The van der Waals surface area contributed by atoms with Gasteiger partial charge in [0.2, 0.25) is 17.6 Å². The van der Waals surface area contributed by atoms with Crippen molar-refractivity contribution in [2.75, 3.05) is 18.4 Å². The van der Waals surface area contributed by atoms with Crippen LogP contribution in [0.1, 0.15) is 25.1 Å². The van der Waals surface area contributed by atoms with Crippen LogP contribution in [0, 0.1) is 23.0 Å². The number of hydrogen-bond donors (Lipinski definition) is 1. The number of anilines is 1. The number of imidazole rings is 1. The Balaban J connectivity index is 1.46. The molecular weight excluding hydrogens is 362 g/mol. The number of carbonyl (C=O) groups is 2. The van der Waals surface area contributed by atoms with E-state index in [0.717, 1.165) is 5.69 Å². The first kappa shape index (κ1) is 19.5. The van der Waals surface area contributed by atoms with E-state index in [9.17, 15) is 19.7 Å². The minimum atomic E-state index is -0.545. The second-order valence-corrected chi connectivity index (χ2v) is 6.86. The van der Waals surface area contributed by atoms with Gasteiger partial charge in [0, 0.05) is 44.6 Å². The number of nitrogens with zero attached hydrogens (tertiary/aromatic N) is 4.